The van der Waals surface area contributed by atoms with Crippen LogP contribution in [0.3, 0.4) is 0 Å². The SMILES string of the molecule is CCCCCC/C=C\CCCC(=O)OC(CCCCCCC)CCOCC(COP(C)(=O)OCCNC(=O)CC(=O)NCCOP(C)(=O)OCC(COCCC(CCCCCCC)OC(=O)CCC/C=C\CCCCCC)NC(=O)CC(=O)CCCCCCCCCCC)NC(=O)CC(=O)CCCCCCCCCCC. The van der Waals surface area contributed by atoms with Crippen molar-refractivity contribution in [3.8, 4) is 0 Å². The van der Waals surface area contributed by atoms with Crippen molar-refractivity contribution in [3.63, 3.8) is 0 Å². The molecular weight excluding hydrogens is 1450 g/mol. The van der Waals surface area contributed by atoms with Gasteiger partial charge in [0.2, 0.25) is 23.6 Å². The van der Waals surface area contributed by atoms with Crippen LogP contribution >= 0.6 is 15.2 Å². The van der Waals surface area contributed by atoms with Crippen molar-refractivity contribution in [2.24, 2.45) is 0 Å². The number of rotatable bonds is 84. The first-order valence-corrected chi connectivity index (χ1v) is 48.4. The van der Waals surface area contributed by atoms with Gasteiger partial charge >= 0.3 is 27.1 Å². The Hall–Kier alpha value is -4.14. The molecule has 4 N–H and O–H groups in total. The number of hydrogen-bond acceptors (Lipinski definition) is 18. The van der Waals surface area contributed by atoms with Gasteiger partial charge in [-0.05, 0) is 89.9 Å². The molecule has 0 bridgehead atoms. The number of nitrogens with one attached hydrogen (secondary N) is 4. The van der Waals surface area contributed by atoms with E-state index in [0.29, 0.717) is 77.0 Å². The maximum Gasteiger partial charge on any atom is 0.327 e. The molecule has 0 heterocycles. The highest BCUT2D eigenvalue weighted by Crippen LogP contribution is 2.44. The molecule has 0 saturated heterocycles. The first-order chi connectivity index (χ1) is 53.7. The van der Waals surface area contributed by atoms with Gasteiger partial charge < -0.3 is 58.3 Å². The van der Waals surface area contributed by atoms with Gasteiger partial charge in [0, 0.05) is 64.9 Å². The predicted molar refractivity (Wildman–Crippen MR) is 449 cm³/mol. The first-order valence-electron chi connectivity index (χ1n) is 44.4. The normalized spacial score (nSPS) is 13.8. The van der Waals surface area contributed by atoms with Crippen LogP contribution in [0.4, 0.5) is 0 Å². The van der Waals surface area contributed by atoms with E-state index < -0.39 is 57.3 Å². The minimum atomic E-state index is -3.81. The second kappa shape index (κ2) is 77.1. The van der Waals surface area contributed by atoms with Crippen molar-refractivity contribution in [3.05, 3.63) is 24.3 Å². The maximum absolute atomic E-state index is 13.6. The highest BCUT2D eigenvalue weighted by Gasteiger charge is 2.26. The summed E-state index contributed by atoms with van der Waals surface area (Å²) in [6.07, 6.45) is 55.5. The number of Topliss-reactive ketones (excluding diaryl/α,β-unsaturated/α-hetero) is 2. The molecule has 111 heavy (non-hydrogen) atoms. The Labute approximate surface area is 674 Å². The molecule has 0 rings (SSSR count). The first kappa shape index (κ1) is 107. The Kier molecular flexibility index (Phi) is 74.2. The zero-order valence-corrected chi connectivity index (χ0v) is 73.2. The fourth-order valence-corrected chi connectivity index (χ4v) is 14.5. The fourth-order valence-electron chi connectivity index (χ4n) is 12.6. The third kappa shape index (κ3) is 74.4. The van der Waals surface area contributed by atoms with Gasteiger partial charge in [-0.15, -0.1) is 0 Å². The van der Waals surface area contributed by atoms with E-state index in [-0.39, 0.29) is 114 Å². The number of ether oxygens (including phenoxy) is 4. The van der Waals surface area contributed by atoms with Gasteiger partial charge in [-0.1, -0.05) is 258 Å². The Balaban J connectivity index is 5.66. The summed E-state index contributed by atoms with van der Waals surface area (Å²) >= 11 is 0. The molecule has 0 aromatic heterocycles. The lowest BCUT2D eigenvalue weighted by Crippen LogP contribution is -2.42. The molecule has 6 unspecified atom stereocenters. The van der Waals surface area contributed by atoms with Crippen molar-refractivity contribution in [2.45, 2.75) is 406 Å². The Morgan fingerprint density at radius 2 is 0.604 bits per heavy atom. The van der Waals surface area contributed by atoms with Crippen molar-refractivity contribution in [1.29, 1.82) is 0 Å². The number of allylic oxidation sites excluding steroid dienone is 4. The number of carbonyl (C=O) groups excluding carboxylic acids is 8. The highest BCUT2D eigenvalue weighted by molar-refractivity contribution is 7.53. The zero-order chi connectivity index (χ0) is 81.8. The van der Waals surface area contributed by atoms with Crippen LogP contribution in [-0.4, -0.2) is 151 Å². The van der Waals surface area contributed by atoms with Crippen molar-refractivity contribution in [2.75, 3.05) is 79.3 Å². The van der Waals surface area contributed by atoms with Gasteiger partial charge in [0.1, 0.15) is 30.2 Å². The van der Waals surface area contributed by atoms with Crippen LogP contribution < -0.4 is 21.3 Å². The maximum atomic E-state index is 13.6. The molecule has 0 aromatic rings. The zero-order valence-electron chi connectivity index (χ0n) is 71.4. The predicted octanol–water partition coefficient (Wildman–Crippen LogP) is 20.8. The van der Waals surface area contributed by atoms with Gasteiger partial charge in [-0.2, -0.15) is 0 Å². The number of unbranched alkanes of at least 4 members (excludes halogenated alkanes) is 34. The van der Waals surface area contributed by atoms with Crippen LogP contribution in [0.5, 0.6) is 0 Å². The van der Waals surface area contributed by atoms with E-state index in [9.17, 15) is 47.5 Å². The van der Waals surface area contributed by atoms with E-state index >= 15 is 0 Å². The van der Waals surface area contributed by atoms with Crippen molar-refractivity contribution < 1.29 is 84.5 Å². The van der Waals surface area contributed by atoms with Gasteiger partial charge in [0.05, 0.1) is 77.8 Å². The van der Waals surface area contributed by atoms with E-state index in [2.05, 4.69) is 87.1 Å². The number of esters is 2. The van der Waals surface area contributed by atoms with Gasteiger partial charge in [-0.3, -0.25) is 47.5 Å². The third-order valence-electron chi connectivity index (χ3n) is 19.4. The summed E-state index contributed by atoms with van der Waals surface area (Å²) in [5.41, 5.74) is 0. The number of hydrogen-bond donors (Lipinski definition) is 4. The molecule has 6 atom stereocenters. The molecule has 0 aliphatic rings. The smallest absolute Gasteiger partial charge is 0.327 e. The summed E-state index contributed by atoms with van der Waals surface area (Å²) in [6, 6.07) is -1.65. The summed E-state index contributed by atoms with van der Waals surface area (Å²) in [5.74, 6) is -3.19. The van der Waals surface area contributed by atoms with Crippen LogP contribution in [0.1, 0.15) is 382 Å². The molecule has 0 spiro atoms. The number of amides is 4. The number of carbonyl (C=O) groups is 8. The van der Waals surface area contributed by atoms with Crippen LogP contribution in [0.15, 0.2) is 24.3 Å². The molecule has 0 fully saturated rings. The molecular formula is C87H162N4O18P2. The van der Waals surface area contributed by atoms with Gasteiger partial charge in [0.25, 0.3) is 0 Å². The summed E-state index contributed by atoms with van der Waals surface area (Å²) in [4.78, 5) is 104. The minimum Gasteiger partial charge on any atom is -0.462 e. The average molecular weight is 1610 g/mol. The minimum absolute atomic E-state index is 0.0559. The molecule has 24 heteroatoms. The lowest BCUT2D eigenvalue weighted by atomic mass is 10.0. The summed E-state index contributed by atoms with van der Waals surface area (Å²) in [5, 5.41) is 10.8. The summed E-state index contributed by atoms with van der Waals surface area (Å²) < 4.78 is 74.0. The van der Waals surface area contributed by atoms with E-state index in [4.69, 9.17) is 37.0 Å². The topological polar surface area (TPSA) is 293 Å². The monoisotopic (exact) mass is 1610 g/mol. The molecule has 0 saturated carbocycles. The van der Waals surface area contributed by atoms with Gasteiger partial charge in [0.15, 0.2) is 0 Å². The molecule has 0 aliphatic heterocycles. The molecule has 0 aromatic carbocycles. The molecule has 22 nitrogen and oxygen atoms in total. The largest absolute Gasteiger partial charge is 0.462 e. The average Bonchev–Trinajstić information content (AvgIpc) is 0.911. The highest BCUT2D eigenvalue weighted by atomic mass is 31.2. The molecule has 0 aliphatic carbocycles. The molecule has 648 valence electrons. The van der Waals surface area contributed by atoms with E-state index in [1.54, 1.807) is 0 Å². The summed E-state index contributed by atoms with van der Waals surface area (Å²) in [6.45, 7) is 14.6. The van der Waals surface area contributed by atoms with E-state index in [0.717, 1.165) is 128 Å². The second-order valence-electron chi connectivity index (χ2n) is 30.6. The lowest BCUT2D eigenvalue weighted by molar-refractivity contribution is -0.151. The van der Waals surface area contributed by atoms with Crippen molar-refractivity contribution in [1.82, 2.24) is 21.3 Å². The lowest BCUT2D eigenvalue weighted by Gasteiger charge is -2.23. The van der Waals surface area contributed by atoms with Crippen LogP contribution in [0.25, 0.3) is 0 Å². The Bertz CT molecular complexity index is 2320. The van der Waals surface area contributed by atoms with Gasteiger partial charge in [-0.25, -0.2) is 0 Å². The molecule has 0 radical (unpaired) electrons. The third-order valence-corrected chi connectivity index (χ3v) is 21.9. The van der Waals surface area contributed by atoms with Crippen LogP contribution in [-0.2, 0) is 84.5 Å². The molecule has 4 amide bonds. The van der Waals surface area contributed by atoms with E-state index in [1.165, 1.54) is 129 Å². The fraction of sp³-hybridized carbons (Fsp3) is 0.862. The van der Waals surface area contributed by atoms with Crippen LogP contribution in [0.2, 0.25) is 0 Å². The van der Waals surface area contributed by atoms with Crippen LogP contribution in [0, 0.1) is 0 Å². The number of ketones is 2. The second-order valence-corrected chi connectivity index (χ2v) is 34.7. The Morgan fingerprint density at radius 1 is 0.306 bits per heavy atom. The standard InChI is InChI=1S/C87H162N4O18P2/c1-9-15-21-27-31-35-39-45-49-55-78(92)69-84(96)90-76(72-102-65-61-80(57-51-43-25-19-13-5)108-86(98)59-53-47-41-37-33-29-23-17-11-3)74-106-110(7,100)104-67-63-88-82(94)71-83(95)89-64-68-105-111(8,101)107-75-77(91-85(97)70-79(93)56-50-46-40-36-32-28-22-16-10-2)73-103-66-62-81(58-52-44-26-20-14-6)109-87(99)60-54-48-42-38-34-30-24-18-12-4/h37-38,41-42,76-77,80-81H,9-36,39-40,43-75H2,1-8H3,(H,88,94)(H,89,95)(H,90,96)(H,91,97)/b41-37-,42-38-. The van der Waals surface area contributed by atoms with Crippen molar-refractivity contribution >= 4 is 62.3 Å². The Morgan fingerprint density at radius 3 is 0.937 bits per heavy atom. The quantitative estimate of drug-likeness (QED) is 0.0145. The van der Waals surface area contributed by atoms with E-state index in [1.807, 2.05) is 0 Å². The summed E-state index contributed by atoms with van der Waals surface area (Å²) in [7, 11) is -7.62.